The molecule has 0 heterocycles. The summed E-state index contributed by atoms with van der Waals surface area (Å²) in [5.41, 5.74) is 1.08. The molecule has 0 bridgehead atoms. The van der Waals surface area contributed by atoms with Crippen molar-refractivity contribution < 1.29 is 65.3 Å². The minimum absolute atomic E-state index is 0. The van der Waals surface area contributed by atoms with Gasteiger partial charge in [-0.15, -0.1) is 0 Å². The van der Waals surface area contributed by atoms with Gasteiger partial charge in [-0.05, 0) is 50.5 Å². The number of hydrogen-bond acceptors (Lipinski definition) is 3. The molecule has 6 aromatic carbocycles. The van der Waals surface area contributed by atoms with E-state index in [4.69, 9.17) is 15.3 Å². The number of fused-ring (bicyclic) bond motifs is 3. The molecule has 40 heavy (non-hydrogen) atoms. The maximum atomic E-state index is 10.8. The fourth-order valence-electron chi connectivity index (χ4n) is 4.24. The van der Waals surface area contributed by atoms with Crippen molar-refractivity contribution in [1.82, 2.24) is 0 Å². The van der Waals surface area contributed by atoms with E-state index in [-0.39, 0.29) is 35.6 Å². The normalized spacial score (nSPS) is 9.90. The van der Waals surface area contributed by atoms with Gasteiger partial charge in [-0.3, -0.25) is 0 Å². The van der Waals surface area contributed by atoms with Crippen molar-refractivity contribution in [2.24, 2.45) is 0 Å². The Morgan fingerprint density at radius 2 is 0.575 bits per heavy atom. The summed E-state index contributed by atoms with van der Waals surface area (Å²) < 4.78 is 0. The van der Waals surface area contributed by atoms with Crippen molar-refractivity contribution in [3.63, 3.8) is 0 Å². The first kappa shape index (κ1) is 30.2. The molecule has 195 valence electrons. The van der Waals surface area contributed by atoms with Crippen molar-refractivity contribution >= 4 is 50.2 Å². The van der Waals surface area contributed by atoms with Crippen LogP contribution in [0.15, 0.2) is 127 Å². The second kappa shape index (κ2) is 14.2. The standard InChI is InChI=1S/3C11H8O2.La/c3*12-11(13)10-7-3-5-8-4-1-2-6-9(8)10;/h3*1-7H,(H,12,13);. The molecule has 0 spiro atoms. The van der Waals surface area contributed by atoms with Gasteiger partial charge in [0.1, 0.15) is 0 Å². The molecular weight excluding hydrogens is 631 g/mol. The first-order valence-corrected chi connectivity index (χ1v) is 12.0. The minimum Gasteiger partial charge on any atom is -0.478 e. The summed E-state index contributed by atoms with van der Waals surface area (Å²) in [6.45, 7) is 0. The van der Waals surface area contributed by atoms with E-state index in [9.17, 15) is 14.4 Å². The summed E-state index contributed by atoms with van der Waals surface area (Å²) in [5, 5.41) is 31.9. The molecular formula is C33H24LaO6. The van der Waals surface area contributed by atoms with Crippen LogP contribution in [0.3, 0.4) is 0 Å². The quantitative estimate of drug-likeness (QED) is 0.181. The van der Waals surface area contributed by atoms with Crippen LogP contribution in [0.1, 0.15) is 31.1 Å². The number of rotatable bonds is 3. The number of carboxylic acids is 3. The first-order chi connectivity index (χ1) is 18.9. The van der Waals surface area contributed by atoms with Crippen LogP contribution < -0.4 is 0 Å². The SMILES string of the molecule is O=C(O)c1cccc2ccccc12.O=C(O)c1cccc2ccccc12.O=C(O)c1cccc2ccccc12.[La]. The van der Waals surface area contributed by atoms with Crippen LogP contribution in [0.4, 0.5) is 0 Å². The molecule has 0 saturated heterocycles. The molecule has 6 aromatic rings. The molecule has 0 amide bonds. The smallest absolute Gasteiger partial charge is 0.336 e. The van der Waals surface area contributed by atoms with E-state index in [1.807, 2.05) is 91.0 Å². The molecule has 6 nitrogen and oxygen atoms in total. The van der Waals surface area contributed by atoms with Crippen LogP contribution in [-0.2, 0) is 0 Å². The van der Waals surface area contributed by atoms with Gasteiger partial charge in [0.2, 0.25) is 0 Å². The molecule has 0 saturated carbocycles. The van der Waals surface area contributed by atoms with Crippen molar-refractivity contribution in [1.29, 1.82) is 0 Å². The molecule has 7 heteroatoms. The maximum absolute atomic E-state index is 10.8. The average molecular weight is 655 g/mol. The summed E-state index contributed by atoms with van der Waals surface area (Å²) in [4.78, 5) is 32.4. The average Bonchev–Trinajstić information content (AvgIpc) is 2.96. The maximum Gasteiger partial charge on any atom is 0.336 e. The van der Waals surface area contributed by atoms with Crippen molar-refractivity contribution in [3.8, 4) is 0 Å². The zero-order valence-corrected chi connectivity index (χ0v) is 24.9. The Balaban J connectivity index is 0.000000163. The molecule has 3 N–H and O–H groups in total. The van der Waals surface area contributed by atoms with E-state index in [0.717, 1.165) is 32.3 Å². The minimum atomic E-state index is -0.878. The summed E-state index contributed by atoms with van der Waals surface area (Å²) in [7, 11) is 0. The fraction of sp³-hybridized carbons (Fsp3) is 0. The van der Waals surface area contributed by atoms with Gasteiger partial charge < -0.3 is 15.3 Å². The third-order valence-corrected chi connectivity index (χ3v) is 6.06. The van der Waals surface area contributed by atoms with Gasteiger partial charge in [-0.25, -0.2) is 14.4 Å². The van der Waals surface area contributed by atoms with Gasteiger partial charge >= 0.3 is 17.9 Å². The van der Waals surface area contributed by atoms with E-state index < -0.39 is 17.9 Å². The van der Waals surface area contributed by atoms with E-state index in [0.29, 0.717) is 16.7 Å². The summed E-state index contributed by atoms with van der Waals surface area (Å²) in [6.07, 6.45) is 0. The Labute approximate surface area is 258 Å². The summed E-state index contributed by atoms with van der Waals surface area (Å²) in [6, 6.07) is 38.2. The van der Waals surface area contributed by atoms with E-state index >= 15 is 0 Å². The number of carbonyl (C=O) groups is 3. The molecule has 0 atom stereocenters. The molecule has 6 rings (SSSR count). The largest absolute Gasteiger partial charge is 0.478 e. The van der Waals surface area contributed by atoms with Crippen molar-refractivity contribution in [2.45, 2.75) is 0 Å². The van der Waals surface area contributed by atoms with E-state index in [1.54, 1.807) is 36.4 Å². The number of carboxylic acid groups (broad SMARTS) is 3. The number of hydrogen-bond donors (Lipinski definition) is 3. The molecule has 0 unspecified atom stereocenters. The van der Waals surface area contributed by atoms with Crippen LogP contribution in [0.5, 0.6) is 0 Å². The Morgan fingerprint density at radius 1 is 0.350 bits per heavy atom. The topological polar surface area (TPSA) is 112 Å². The monoisotopic (exact) mass is 655 g/mol. The van der Waals surface area contributed by atoms with Gasteiger partial charge in [0.25, 0.3) is 0 Å². The van der Waals surface area contributed by atoms with Gasteiger partial charge in [-0.2, -0.15) is 0 Å². The van der Waals surface area contributed by atoms with Crippen LogP contribution in [0.25, 0.3) is 32.3 Å². The molecule has 0 aliphatic heterocycles. The Kier molecular flexibility index (Phi) is 10.7. The predicted molar refractivity (Wildman–Crippen MR) is 153 cm³/mol. The van der Waals surface area contributed by atoms with Gasteiger partial charge in [-0.1, -0.05) is 109 Å². The van der Waals surface area contributed by atoms with Crippen LogP contribution in [0, 0.1) is 35.6 Å². The second-order valence-corrected chi connectivity index (χ2v) is 8.50. The molecule has 0 aromatic heterocycles. The second-order valence-electron chi connectivity index (χ2n) is 8.50. The zero-order valence-electron chi connectivity index (χ0n) is 21.3. The molecule has 0 aliphatic carbocycles. The van der Waals surface area contributed by atoms with Crippen LogP contribution in [-0.4, -0.2) is 33.2 Å². The fourth-order valence-corrected chi connectivity index (χ4v) is 4.24. The first-order valence-electron chi connectivity index (χ1n) is 12.0. The van der Waals surface area contributed by atoms with E-state index in [1.165, 1.54) is 0 Å². The van der Waals surface area contributed by atoms with Gasteiger partial charge in [0.05, 0.1) is 16.7 Å². The third-order valence-electron chi connectivity index (χ3n) is 6.06. The number of aromatic carboxylic acids is 3. The summed E-state index contributed by atoms with van der Waals surface area (Å²) in [5.74, 6) is -2.63. The molecule has 1 radical (unpaired) electrons. The molecule has 0 aliphatic rings. The van der Waals surface area contributed by atoms with Crippen LogP contribution >= 0.6 is 0 Å². The Hall–Kier alpha value is -4.30. The van der Waals surface area contributed by atoms with Crippen molar-refractivity contribution in [3.05, 3.63) is 144 Å². The van der Waals surface area contributed by atoms with Crippen molar-refractivity contribution in [2.75, 3.05) is 0 Å². The molecule has 0 fully saturated rings. The van der Waals surface area contributed by atoms with Gasteiger partial charge in [0, 0.05) is 35.6 Å². The number of benzene rings is 6. The summed E-state index contributed by atoms with van der Waals surface area (Å²) >= 11 is 0. The third kappa shape index (κ3) is 7.21. The Bertz CT molecular complexity index is 1580. The van der Waals surface area contributed by atoms with Gasteiger partial charge in [0.15, 0.2) is 0 Å². The zero-order chi connectivity index (χ0) is 27.8. The van der Waals surface area contributed by atoms with Crippen LogP contribution in [0.2, 0.25) is 0 Å². The predicted octanol–water partition coefficient (Wildman–Crippen LogP) is 7.61. The Morgan fingerprint density at radius 3 is 0.825 bits per heavy atom. The van der Waals surface area contributed by atoms with E-state index in [2.05, 4.69) is 0 Å².